The van der Waals surface area contributed by atoms with E-state index in [1.807, 2.05) is 0 Å². The van der Waals surface area contributed by atoms with Crippen LogP contribution in [0.3, 0.4) is 0 Å². The lowest BCUT2D eigenvalue weighted by Crippen LogP contribution is -2.48. The minimum Gasteiger partial charge on any atom is -0.381 e. The lowest BCUT2D eigenvalue weighted by molar-refractivity contribution is -0.110. The van der Waals surface area contributed by atoms with Gasteiger partial charge in [-0.05, 0) is 28.1 Å². The first-order valence-electron chi connectivity index (χ1n) is 3.28. The van der Waals surface area contributed by atoms with Crippen LogP contribution >= 0.6 is 27.7 Å². The van der Waals surface area contributed by atoms with E-state index in [1.54, 1.807) is 6.92 Å². The highest BCUT2D eigenvalue weighted by atomic mass is 79.9. The standard InChI is InChI=1S/C6H9BrF2OS/c1-4-5(10,2-3-11-4)6(7,8)9/h4,10H,2-3H2,1H3. The molecule has 0 saturated carbocycles. The average Bonchev–Trinajstić information content (AvgIpc) is 2.12. The Morgan fingerprint density at radius 2 is 2.27 bits per heavy atom. The first kappa shape index (κ1) is 9.74. The molecule has 1 heterocycles. The third kappa shape index (κ3) is 1.55. The van der Waals surface area contributed by atoms with Gasteiger partial charge in [0.15, 0.2) is 5.60 Å². The highest BCUT2D eigenvalue weighted by Crippen LogP contribution is 2.48. The lowest BCUT2D eigenvalue weighted by Gasteiger charge is -2.30. The highest BCUT2D eigenvalue weighted by molar-refractivity contribution is 9.10. The molecule has 5 heteroatoms. The molecule has 0 aromatic carbocycles. The third-order valence-electron chi connectivity index (χ3n) is 2.01. The van der Waals surface area contributed by atoms with E-state index in [1.165, 1.54) is 11.8 Å². The fourth-order valence-corrected chi connectivity index (χ4v) is 3.12. The molecule has 1 aliphatic heterocycles. The molecule has 1 N–H and O–H groups in total. The molecule has 0 amide bonds. The van der Waals surface area contributed by atoms with Crippen LogP contribution in [0.4, 0.5) is 8.78 Å². The summed E-state index contributed by atoms with van der Waals surface area (Å²) in [6.07, 6.45) is 0.150. The molecule has 66 valence electrons. The van der Waals surface area contributed by atoms with Gasteiger partial charge in [0.2, 0.25) is 0 Å². The summed E-state index contributed by atoms with van der Waals surface area (Å²) < 4.78 is 25.4. The van der Waals surface area contributed by atoms with Crippen LogP contribution in [-0.2, 0) is 0 Å². The average molecular weight is 247 g/mol. The van der Waals surface area contributed by atoms with E-state index in [-0.39, 0.29) is 6.42 Å². The van der Waals surface area contributed by atoms with Crippen molar-refractivity contribution < 1.29 is 13.9 Å². The van der Waals surface area contributed by atoms with E-state index < -0.39 is 15.7 Å². The number of rotatable bonds is 1. The maximum Gasteiger partial charge on any atom is 0.330 e. The second kappa shape index (κ2) is 2.85. The zero-order valence-corrected chi connectivity index (χ0v) is 8.38. The number of hydrogen-bond acceptors (Lipinski definition) is 2. The largest absolute Gasteiger partial charge is 0.381 e. The topological polar surface area (TPSA) is 20.2 Å². The van der Waals surface area contributed by atoms with Crippen molar-refractivity contribution in [2.75, 3.05) is 5.75 Å². The molecule has 1 saturated heterocycles. The Labute approximate surface area is 76.7 Å². The van der Waals surface area contributed by atoms with Crippen molar-refractivity contribution in [3.8, 4) is 0 Å². The Morgan fingerprint density at radius 1 is 1.73 bits per heavy atom. The van der Waals surface area contributed by atoms with Gasteiger partial charge in [-0.25, -0.2) is 0 Å². The van der Waals surface area contributed by atoms with Gasteiger partial charge in [-0.2, -0.15) is 20.5 Å². The van der Waals surface area contributed by atoms with Crippen molar-refractivity contribution in [1.29, 1.82) is 0 Å². The molecule has 0 bridgehead atoms. The molecular formula is C6H9BrF2OS. The summed E-state index contributed by atoms with van der Waals surface area (Å²) in [5.74, 6) is 0.596. The number of hydrogen-bond donors (Lipinski definition) is 1. The molecular weight excluding hydrogens is 238 g/mol. The summed E-state index contributed by atoms with van der Waals surface area (Å²) in [6.45, 7) is 1.62. The Kier molecular flexibility index (Phi) is 2.52. The molecule has 0 radical (unpaired) electrons. The van der Waals surface area contributed by atoms with Gasteiger partial charge in [-0.3, -0.25) is 0 Å². The minimum absolute atomic E-state index is 0.150. The van der Waals surface area contributed by atoms with Crippen molar-refractivity contribution >= 4 is 27.7 Å². The SMILES string of the molecule is CC1SCCC1(O)C(F)(F)Br. The van der Waals surface area contributed by atoms with Gasteiger partial charge in [-0.15, -0.1) is 0 Å². The molecule has 2 unspecified atom stereocenters. The van der Waals surface area contributed by atoms with Gasteiger partial charge in [0.1, 0.15) is 0 Å². The molecule has 11 heavy (non-hydrogen) atoms. The van der Waals surface area contributed by atoms with E-state index in [4.69, 9.17) is 0 Å². The van der Waals surface area contributed by atoms with Crippen LogP contribution in [0.2, 0.25) is 0 Å². The molecule has 2 atom stereocenters. The molecule has 1 nitrogen and oxygen atoms in total. The molecule has 0 aromatic heterocycles. The zero-order valence-electron chi connectivity index (χ0n) is 5.98. The summed E-state index contributed by atoms with van der Waals surface area (Å²) in [4.78, 5) is -3.16. The summed E-state index contributed by atoms with van der Waals surface area (Å²) in [5.41, 5.74) is -1.86. The van der Waals surface area contributed by atoms with Crippen molar-refractivity contribution in [2.45, 2.75) is 29.0 Å². The minimum atomic E-state index is -3.16. The number of halogens is 3. The van der Waals surface area contributed by atoms with Crippen LogP contribution in [0.5, 0.6) is 0 Å². The summed E-state index contributed by atoms with van der Waals surface area (Å²) >= 11 is 3.58. The highest BCUT2D eigenvalue weighted by Gasteiger charge is 2.56. The Balaban J connectivity index is 2.81. The monoisotopic (exact) mass is 246 g/mol. The number of thioether (sulfide) groups is 1. The van der Waals surface area contributed by atoms with E-state index >= 15 is 0 Å². The van der Waals surface area contributed by atoms with Crippen LogP contribution in [0, 0.1) is 0 Å². The van der Waals surface area contributed by atoms with Crippen LogP contribution in [0.25, 0.3) is 0 Å². The van der Waals surface area contributed by atoms with E-state index in [2.05, 4.69) is 15.9 Å². The molecule has 1 fully saturated rings. The Bertz CT molecular complexity index is 161. The van der Waals surface area contributed by atoms with Crippen LogP contribution in [0.1, 0.15) is 13.3 Å². The van der Waals surface area contributed by atoms with Gasteiger partial charge in [0.05, 0.1) is 0 Å². The smallest absolute Gasteiger partial charge is 0.330 e. The predicted octanol–water partition coefficient (Wildman–Crippen LogP) is 2.23. The number of aliphatic hydroxyl groups is 1. The predicted molar refractivity (Wildman–Crippen MR) is 45.4 cm³/mol. The molecule has 0 aliphatic carbocycles. The fraction of sp³-hybridized carbons (Fsp3) is 1.00. The van der Waals surface area contributed by atoms with Crippen molar-refractivity contribution in [3.05, 3.63) is 0 Å². The molecule has 1 aliphatic rings. The fourth-order valence-electron chi connectivity index (χ4n) is 1.10. The number of alkyl halides is 3. The van der Waals surface area contributed by atoms with Gasteiger partial charge >= 0.3 is 4.83 Å². The third-order valence-corrected chi connectivity index (χ3v) is 4.03. The molecule has 1 rings (SSSR count). The van der Waals surface area contributed by atoms with Gasteiger partial charge in [-0.1, -0.05) is 6.92 Å². The van der Waals surface area contributed by atoms with E-state index in [0.717, 1.165) is 0 Å². The van der Waals surface area contributed by atoms with E-state index in [0.29, 0.717) is 5.75 Å². The summed E-state index contributed by atoms with van der Waals surface area (Å²) in [6, 6.07) is 0. The van der Waals surface area contributed by atoms with Crippen LogP contribution in [-0.4, -0.2) is 26.5 Å². The lowest BCUT2D eigenvalue weighted by atomic mass is 9.98. The second-order valence-corrected chi connectivity index (χ2v) is 5.13. The quantitative estimate of drug-likeness (QED) is 0.717. The van der Waals surface area contributed by atoms with Gasteiger partial charge in [0, 0.05) is 5.25 Å². The maximum atomic E-state index is 12.7. The second-order valence-electron chi connectivity index (χ2n) is 2.69. The summed E-state index contributed by atoms with van der Waals surface area (Å²) in [5, 5.41) is 9.07. The van der Waals surface area contributed by atoms with Crippen molar-refractivity contribution in [3.63, 3.8) is 0 Å². The van der Waals surface area contributed by atoms with Crippen LogP contribution in [0.15, 0.2) is 0 Å². The zero-order chi connectivity index (χ0) is 8.70. The van der Waals surface area contributed by atoms with Gasteiger partial charge < -0.3 is 5.11 Å². The molecule has 0 spiro atoms. The van der Waals surface area contributed by atoms with Crippen molar-refractivity contribution in [2.24, 2.45) is 0 Å². The van der Waals surface area contributed by atoms with E-state index in [9.17, 15) is 13.9 Å². The van der Waals surface area contributed by atoms with Crippen LogP contribution < -0.4 is 0 Å². The summed E-state index contributed by atoms with van der Waals surface area (Å²) in [7, 11) is 0. The Morgan fingerprint density at radius 3 is 2.45 bits per heavy atom. The maximum absolute atomic E-state index is 12.7. The van der Waals surface area contributed by atoms with Crippen molar-refractivity contribution in [1.82, 2.24) is 0 Å². The normalized spacial score (nSPS) is 39.5. The van der Waals surface area contributed by atoms with Gasteiger partial charge in [0.25, 0.3) is 0 Å². The Hall–Kier alpha value is 0.650. The molecule has 0 aromatic rings. The first-order chi connectivity index (χ1) is 4.88. The first-order valence-corrected chi connectivity index (χ1v) is 5.13.